The fraction of sp³-hybridized carbons (Fsp3) is 0.750. The summed E-state index contributed by atoms with van der Waals surface area (Å²) in [7, 11) is 0. The minimum absolute atomic E-state index is 0. The normalized spacial score (nSPS) is 5.00. The quantitative estimate of drug-likeness (QED) is 0.461. The molecule has 0 aromatic rings. The Morgan fingerprint density at radius 3 is 1.71 bits per heavy atom. The highest BCUT2D eigenvalue weighted by molar-refractivity contribution is 5.95. The first-order valence-electron chi connectivity index (χ1n) is 2.15. The molecular weight excluding hydrogens is 115 g/mol. The first-order valence-corrected chi connectivity index (χ1v) is 3.05. The second-order valence-electron chi connectivity index (χ2n) is 0.854. The lowest BCUT2D eigenvalue weighted by Crippen LogP contribution is -1.48. The Morgan fingerprint density at radius 2 is 1.71 bits per heavy atom. The zero-order valence-electron chi connectivity index (χ0n) is 4.57. The average Bonchev–Trinajstić information content (AvgIpc) is 1.72. The van der Waals surface area contributed by atoms with Crippen LogP contribution in [0.25, 0.3) is 0 Å². The third kappa shape index (κ3) is 39.3. The molecule has 0 aliphatic carbocycles. The molecule has 0 amide bonds. The van der Waals surface area contributed by atoms with Gasteiger partial charge in [0, 0.05) is 0 Å². The van der Waals surface area contributed by atoms with Gasteiger partial charge in [-0.1, -0.05) is 26.7 Å². The van der Waals surface area contributed by atoms with Crippen molar-refractivity contribution < 1.29 is 4.16 Å². The average molecular weight is 129 g/mol. The van der Waals surface area contributed by atoms with Crippen molar-refractivity contribution in [1.82, 2.24) is 0 Å². The van der Waals surface area contributed by atoms with Crippen LogP contribution in [0.5, 0.6) is 0 Å². The van der Waals surface area contributed by atoms with Crippen LogP contribution in [0.1, 0.15) is 19.8 Å². The number of hydrogen-bond acceptors (Lipinski definition) is 1. The van der Waals surface area contributed by atoms with E-state index in [1.165, 1.54) is 6.42 Å². The minimum atomic E-state index is 0. The van der Waals surface area contributed by atoms with Crippen molar-refractivity contribution in [2.45, 2.75) is 19.8 Å². The van der Waals surface area contributed by atoms with E-state index < -0.39 is 0 Å². The van der Waals surface area contributed by atoms with Gasteiger partial charge in [-0.15, -0.1) is 0 Å². The maximum atomic E-state index is 7.14. The lowest BCUT2D eigenvalue weighted by atomic mass is 10.4. The topological polar surface area (TPSA) is 20.2 Å². The molecule has 0 rings (SSSR count). The summed E-state index contributed by atoms with van der Waals surface area (Å²) < 4.78 is 7.14. The predicted molar refractivity (Wildman–Crippen MR) is 39.6 cm³/mol. The van der Waals surface area contributed by atoms with Crippen LogP contribution < -0.4 is 0 Å². The van der Waals surface area contributed by atoms with Crippen LogP contribution in [0.2, 0.25) is 0 Å². The Balaban J connectivity index is -0.0000000480. The molecule has 1 nitrogen and oxygen atoms in total. The summed E-state index contributed by atoms with van der Waals surface area (Å²) in [5.41, 5.74) is 0. The molecule has 0 aliphatic heterocycles. The van der Waals surface area contributed by atoms with Gasteiger partial charge in [-0.2, -0.15) is 0 Å². The van der Waals surface area contributed by atoms with Crippen LogP contribution in [0.15, 0.2) is 0 Å². The van der Waals surface area contributed by atoms with Gasteiger partial charge in [0.25, 0.3) is 0 Å². The summed E-state index contributed by atoms with van der Waals surface area (Å²) >= 11 is 0.306. The Hall–Kier alpha value is 1.26. The first-order chi connectivity index (χ1) is 2.91. The lowest BCUT2D eigenvalue weighted by molar-refractivity contribution is 0.629. The summed E-state index contributed by atoms with van der Waals surface area (Å²) in [6, 6.07) is 0. The van der Waals surface area contributed by atoms with Crippen LogP contribution >= 0.6 is 0 Å². The molecule has 0 atom stereocenters. The molecule has 3 heteroatoms. The van der Waals surface area contributed by atoms with Crippen molar-refractivity contribution in [1.29, 1.82) is 0 Å². The lowest BCUT2D eigenvalue weighted by Gasteiger charge is -1.67. The van der Waals surface area contributed by atoms with Gasteiger partial charge in [-0.3, -0.25) is 0 Å². The van der Waals surface area contributed by atoms with Crippen LogP contribution in [0.4, 0.5) is 0 Å². The van der Waals surface area contributed by atoms with E-state index in [0.717, 1.165) is 6.42 Å². The molecule has 0 bridgehead atoms. The predicted octanol–water partition coefficient (Wildman–Crippen LogP) is -0.769. The van der Waals surface area contributed by atoms with E-state index in [9.17, 15) is 0 Å². The smallest absolute Gasteiger partial charge is 0.407 e. The Bertz CT molecular complexity index is 13.7. The molecule has 0 aromatic heterocycles. The molecule has 7 heavy (non-hydrogen) atoms. The van der Waals surface area contributed by atoms with E-state index in [4.69, 9.17) is 4.16 Å². The Kier molecular flexibility index (Phi) is 60.2. The summed E-state index contributed by atoms with van der Waals surface area (Å²) in [6.45, 7) is 5.72. The maximum Gasteiger partial charge on any atom is 0.407 e. The molecule has 0 heterocycles. The van der Waals surface area contributed by atoms with Crippen molar-refractivity contribution in [3.8, 4) is 0 Å². The standard InChI is InChI=1S/C4H9.Al.Mg.H2O.4H/c1-3-4-2;;;;;;;/h1,3-4H2,2H3;;;1H2;;;;/q;+1;;;;;;/p-1. The highest BCUT2D eigenvalue weighted by Gasteiger charge is 1.56. The fourth-order valence-corrected chi connectivity index (χ4v) is 0. The Labute approximate surface area is 70.4 Å². The summed E-state index contributed by atoms with van der Waals surface area (Å²) in [6.07, 6.45) is 2.28. The summed E-state index contributed by atoms with van der Waals surface area (Å²) in [5, 5.41) is 0. The van der Waals surface area contributed by atoms with Gasteiger partial charge in [0.05, 0.1) is 0 Å². The van der Waals surface area contributed by atoms with Crippen molar-refractivity contribution in [3.63, 3.8) is 0 Å². The second kappa shape index (κ2) is 26.8. The molecule has 1 radical (unpaired) electrons. The van der Waals surface area contributed by atoms with Gasteiger partial charge in [0.15, 0.2) is 0 Å². The highest BCUT2D eigenvalue weighted by Crippen LogP contribution is 1.75. The van der Waals surface area contributed by atoms with E-state index in [1.54, 1.807) is 0 Å². The molecule has 0 aliphatic rings. The Morgan fingerprint density at radius 1 is 1.57 bits per heavy atom. The van der Waals surface area contributed by atoms with E-state index in [-0.39, 0.29) is 23.1 Å². The summed E-state index contributed by atoms with van der Waals surface area (Å²) in [5.74, 6) is 0. The SMILES string of the molecule is [CH2]CCC.[MgH2].[OH][AlH2]. The molecular formula is C4H14AlMgO. The van der Waals surface area contributed by atoms with E-state index in [2.05, 4.69) is 13.8 Å². The van der Waals surface area contributed by atoms with Crippen molar-refractivity contribution >= 4 is 39.7 Å². The third-order valence-electron chi connectivity index (χ3n) is 0.354. The maximum absolute atomic E-state index is 7.14. The molecule has 0 fully saturated rings. The number of unbranched alkanes of at least 4 members (excludes halogenated alkanes) is 1. The molecule has 0 unspecified atom stereocenters. The molecule has 0 saturated carbocycles. The van der Waals surface area contributed by atoms with E-state index >= 15 is 0 Å². The van der Waals surface area contributed by atoms with Gasteiger partial charge < -0.3 is 4.16 Å². The third-order valence-corrected chi connectivity index (χ3v) is 0.354. The van der Waals surface area contributed by atoms with Crippen LogP contribution in [-0.4, -0.2) is 43.8 Å². The second-order valence-corrected chi connectivity index (χ2v) is 0.854. The zero-order chi connectivity index (χ0) is 5.41. The van der Waals surface area contributed by atoms with Gasteiger partial charge in [0.2, 0.25) is 0 Å². The van der Waals surface area contributed by atoms with Crippen molar-refractivity contribution in [2.24, 2.45) is 0 Å². The number of rotatable bonds is 1. The van der Waals surface area contributed by atoms with Gasteiger partial charge >= 0.3 is 39.7 Å². The van der Waals surface area contributed by atoms with E-state index in [1.807, 2.05) is 0 Å². The highest BCUT2D eigenvalue weighted by atomic mass is 27.1. The first kappa shape index (κ1) is 15.7. The molecule has 0 saturated heterocycles. The monoisotopic (exact) mass is 129 g/mol. The van der Waals surface area contributed by atoms with Gasteiger partial charge in [-0.25, -0.2) is 0 Å². The van der Waals surface area contributed by atoms with Gasteiger partial charge in [0.1, 0.15) is 0 Å². The molecule has 41 valence electrons. The zero-order valence-corrected chi connectivity index (χ0v) is 6.57. The number of hydrogen-bond donors (Lipinski definition) is 1. The van der Waals surface area contributed by atoms with Crippen molar-refractivity contribution in [3.05, 3.63) is 6.92 Å². The molecule has 1 N–H and O–H groups in total. The molecule has 0 spiro atoms. The van der Waals surface area contributed by atoms with Crippen LogP contribution in [-0.2, 0) is 0 Å². The largest absolute Gasteiger partial charge is 0.521 e. The van der Waals surface area contributed by atoms with Crippen LogP contribution in [0.3, 0.4) is 0 Å². The van der Waals surface area contributed by atoms with Crippen molar-refractivity contribution in [2.75, 3.05) is 0 Å². The van der Waals surface area contributed by atoms with Crippen LogP contribution in [0, 0.1) is 6.92 Å². The fourth-order valence-electron chi connectivity index (χ4n) is 0. The van der Waals surface area contributed by atoms with Gasteiger partial charge in [-0.05, 0) is 0 Å². The summed E-state index contributed by atoms with van der Waals surface area (Å²) in [4.78, 5) is 0. The minimum Gasteiger partial charge on any atom is -0.521 e. The van der Waals surface area contributed by atoms with E-state index in [0.29, 0.717) is 16.6 Å². The molecule has 0 aromatic carbocycles.